The van der Waals surface area contributed by atoms with Crippen molar-refractivity contribution in [1.82, 2.24) is 4.98 Å². The van der Waals surface area contributed by atoms with Crippen LogP contribution in [0.2, 0.25) is 0 Å². The molecule has 186 valence electrons. The maximum absolute atomic E-state index is 13.4. The van der Waals surface area contributed by atoms with E-state index in [1.807, 2.05) is 6.07 Å². The fraction of sp³-hybridized carbons (Fsp3) is 0.458. The Kier molecular flexibility index (Phi) is 5.73. The average molecular weight is 510 g/mol. The number of Topliss-reactive ketones (excluding diaryl/α,β-unsaturated/α-hetero) is 1. The second-order valence-electron chi connectivity index (χ2n) is 9.48. The Bertz CT molecular complexity index is 1350. The van der Waals surface area contributed by atoms with E-state index in [9.17, 15) is 30.8 Å². The summed E-state index contributed by atoms with van der Waals surface area (Å²) in [6.07, 6.45) is 0.177. The summed E-state index contributed by atoms with van der Waals surface area (Å²) in [6.45, 7) is 0. The van der Waals surface area contributed by atoms with Gasteiger partial charge in [-0.2, -0.15) is 0 Å². The van der Waals surface area contributed by atoms with E-state index < -0.39 is 46.0 Å². The van der Waals surface area contributed by atoms with Crippen molar-refractivity contribution in [3.05, 3.63) is 41.2 Å². The van der Waals surface area contributed by atoms with E-state index in [0.29, 0.717) is 5.92 Å². The van der Waals surface area contributed by atoms with Crippen molar-refractivity contribution in [2.75, 3.05) is 11.6 Å². The number of pyridine rings is 1. The first-order valence-electron chi connectivity index (χ1n) is 11.3. The first-order chi connectivity index (χ1) is 16.4. The minimum atomic E-state index is -3.65. The van der Waals surface area contributed by atoms with Gasteiger partial charge in [0.1, 0.15) is 11.5 Å². The summed E-state index contributed by atoms with van der Waals surface area (Å²) in [4.78, 5) is 20.6. The molecule has 2 saturated carbocycles. The molecule has 35 heavy (non-hydrogen) atoms. The van der Waals surface area contributed by atoms with Crippen LogP contribution >= 0.6 is 0 Å². The zero-order valence-corrected chi connectivity index (χ0v) is 19.6. The van der Waals surface area contributed by atoms with Crippen molar-refractivity contribution in [3.63, 3.8) is 0 Å². The van der Waals surface area contributed by atoms with Crippen molar-refractivity contribution >= 4 is 38.4 Å². The summed E-state index contributed by atoms with van der Waals surface area (Å²) in [5, 5.41) is 2.99. The molecule has 2 heterocycles. The van der Waals surface area contributed by atoms with Gasteiger partial charge in [0.2, 0.25) is 0 Å². The summed E-state index contributed by atoms with van der Waals surface area (Å²) in [5.74, 6) is -4.76. The number of aliphatic imine (C=N–C) groups is 1. The van der Waals surface area contributed by atoms with Gasteiger partial charge in [-0.25, -0.2) is 31.0 Å². The summed E-state index contributed by atoms with van der Waals surface area (Å²) in [5.41, 5.74) is 1.37. The smallest absolute Gasteiger partial charge is 0.277 e. The predicted octanol–water partition coefficient (Wildman–Crippen LogP) is 5.16. The molecule has 3 aliphatic rings. The number of aromatic nitrogens is 1. The predicted molar refractivity (Wildman–Crippen MR) is 122 cm³/mol. The number of sulfone groups is 1. The van der Waals surface area contributed by atoms with E-state index >= 15 is 0 Å². The molecule has 1 unspecified atom stereocenters. The van der Waals surface area contributed by atoms with Crippen LogP contribution in [0.1, 0.15) is 48.6 Å². The molecule has 0 radical (unpaired) electrons. The molecule has 0 spiro atoms. The molecule has 1 aromatic carbocycles. The van der Waals surface area contributed by atoms with Crippen LogP contribution in [0, 0.1) is 5.92 Å². The van der Waals surface area contributed by atoms with E-state index in [2.05, 4.69) is 15.3 Å². The quantitative estimate of drug-likeness (QED) is 0.497. The van der Waals surface area contributed by atoms with Crippen molar-refractivity contribution in [1.29, 1.82) is 0 Å². The summed E-state index contributed by atoms with van der Waals surface area (Å²) < 4.78 is 78.5. The Morgan fingerprint density at radius 3 is 2.49 bits per heavy atom. The van der Waals surface area contributed by atoms with E-state index in [1.165, 1.54) is 6.07 Å². The third kappa shape index (κ3) is 4.70. The lowest BCUT2D eigenvalue weighted by molar-refractivity contribution is -0.121. The fourth-order valence-electron chi connectivity index (χ4n) is 4.52. The van der Waals surface area contributed by atoms with Crippen LogP contribution in [0.25, 0.3) is 0 Å². The Balaban J connectivity index is 1.52. The Morgan fingerprint density at radius 1 is 1.20 bits per heavy atom. The first-order valence-corrected chi connectivity index (χ1v) is 13.2. The van der Waals surface area contributed by atoms with Gasteiger partial charge in [0.25, 0.3) is 12.3 Å². The summed E-state index contributed by atoms with van der Waals surface area (Å²) >= 11 is 0. The Hall–Kier alpha value is -2.82. The van der Waals surface area contributed by atoms with Gasteiger partial charge in [-0.3, -0.25) is 9.78 Å². The molecule has 2 fully saturated rings. The number of fused-ring (bicyclic) bond motifs is 1. The number of anilines is 2. The number of rotatable bonds is 8. The lowest BCUT2D eigenvalue weighted by Crippen LogP contribution is -2.13. The van der Waals surface area contributed by atoms with Gasteiger partial charge in [0.05, 0.1) is 39.3 Å². The molecular formula is C24H23F4N3O3S. The third-order valence-corrected chi connectivity index (χ3v) is 7.93. The highest BCUT2D eigenvalue weighted by molar-refractivity contribution is 7.90. The van der Waals surface area contributed by atoms with Crippen LogP contribution in [0.15, 0.2) is 34.2 Å². The highest BCUT2D eigenvalue weighted by Gasteiger charge is 2.60. The molecule has 11 heteroatoms. The van der Waals surface area contributed by atoms with Crippen LogP contribution < -0.4 is 5.32 Å². The van der Waals surface area contributed by atoms with Crippen LogP contribution in [-0.4, -0.2) is 43.5 Å². The SMILES string of the molecule is CS(=O)(=O)c1cc(C2CCC2)ccc1Nc1cc(CC(=O)C2CC2(F)F)nc2c1N=C(C(F)F)C2. The molecule has 0 amide bonds. The second-order valence-corrected chi connectivity index (χ2v) is 11.5. The van der Waals surface area contributed by atoms with Gasteiger partial charge in [-0.05, 0) is 42.5 Å². The number of hydrogen-bond donors (Lipinski definition) is 1. The number of halogens is 4. The highest BCUT2D eigenvalue weighted by atomic mass is 32.2. The first kappa shape index (κ1) is 23.9. The zero-order valence-electron chi connectivity index (χ0n) is 18.8. The van der Waals surface area contributed by atoms with Gasteiger partial charge in [-0.1, -0.05) is 12.5 Å². The average Bonchev–Trinajstić information content (AvgIpc) is 3.15. The lowest BCUT2D eigenvalue weighted by atomic mass is 9.80. The van der Waals surface area contributed by atoms with Gasteiger partial charge in [-0.15, -0.1) is 0 Å². The second kappa shape index (κ2) is 8.39. The molecule has 1 aliphatic heterocycles. The minimum absolute atomic E-state index is 0.0544. The van der Waals surface area contributed by atoms with Gasteiger partial charge in [0.15, 0.2) is 9.84 Å². The number of carbonyl (C=O) groups excluding carboxylic acids is 1. The lowest BCUT2D eigenvalue weighted by Gasteiger charge is -2.26. The summed E-state index contributed by atoms with van der Waals surface area (Å²) in [7, 11) is -3.65. The van der Waals surface area contributed by atoms with Crippen molar-refractivity contribution in [2.45, 2.75) is 61.7 Å². The molecule has 1 atom stereocenters. The standard InChI is InChI=1S/C24H23F4N3O3S/c1-35(33,34)21-7-13(12-3-2-4-12)5-6-16(21)30-17-8-14(9-20(32)15-11-24(15,27)28)29-18-10-19(23(25)26)31-22(17)18/h5-8,12,15,23H,2-4,9-11H2,1H3,(H,29,30). The minimum Gasteiger partial charge on any atom is -0.353 e. The number of hydrogen-bond acceptors (Lipinski definition) is 6. The largest absolute Gasteiger partial charge is 0.353 e. The number of nitrogens with zero attached hydrogens (tertiary/aromatic N) is 2. The number of benzene rings is 1. The van der Waals surface area contributed by atoms with Crippen LogP contribution in [0.4, 0.5) is 34.6 Å². The third-order valence-electron chi connectivity index (χ3n) is 6.79. The van der Waals surface area contributed by atoms with Crippen LogP contribution in [0.3, 0.4) is 0 Å². The van der Waals surface area contributed by atoms with E-state index in [4.69, 9.17) is 0 Å². The molecule has 1 N–H and O–H groups in total. The molecular weight excluding hydrogens is 486 g/mol. The molecule has 6 nitrogen and oxygen atoms in total. The number of ketones is 1. The molecule has 5 rings (SSSR count). The number of carbonyl (C=O) groups is 1. The molecule has 0 saturated heterocycles. The fourth-order valence-corrected chi connectivity index (χ4v) is 5.39. The maximum atomic E-state index is 13.4. The van der Waals surface area contributed by atoms with E-state index in [1.54, 1.807) is 12.1 Å². The monoisotopic (exact) mass is 509 g/mol. The highest BCUT2D eigenvalue weighted by Crippen LogP contribution is 2.49. The zero-order chi connectivity index (χ0) is 25.1. The van der Waals surface area contributed by atoms with Crippen LogP contribution in [0.5, 0.6) is 0 Å². The summed E-state index contributed by atoms with van der Waals surface area (Å²) in [6, 6.07) is 6.46. The Morgan fingerprint density at radius 2 is 1.91 bits per heavy atom. The van der Waals surface area contributed by atoms with E-state index in [0.717, 1.165) is 31.1 Å². The normalized spacial score (nSPS) is 20.9. The topological polar surface area (TPSA) is 88.5 Å². The molecule has 1 aromatic heterocycles. The molecule has 0 bridgehead atoms. The van der Waals surface area contributed by atoms with Gasteiger partial charge < -0.3 is 5.32 Å². The van der Waals surface area contributed by atoms with Crippen LogP contribution in [-0.2, 0) is 27.5 Å². The van der Waals surface area contributed by atoms with E-state index in [-0.39, 0.29) is 46.2 Å². The van der Waals surface area contributed by atoms with Crippen molar-refractivity contribution in [2.24, 2.45) is 10.9 Å². The van der Waals surface area contributed by atoms with Gasteiger partial charge >= 0.3 is 0 Å². The van der Waals surface area contributed by atoms with Crippen molar-refractivity contribution in [3.8, 4) is 0 Å². The molecule has 2 aliphatic carbocycles. The van der Waals surface area contributed by atoms with Gasteiger partial charge in [0, 0.05) is 25.5 Å². The van der Waals surface area contributed by atoms with Crippen molar-refractivity contribution < 1.29 is 30.8 Å². The maximum Gasteiger partial charge on any atom is 0.277 e. The number of alkyl halides is 4. The molecule has 2 aromatic rings. The Labute approximate surface area is 199 Å². The number of nitrogens with one attached hydrogen (secondary N) is 1.